The molecule has 2 aromatic rings. The van der Waals surface area contributed by atoms with Crippen molar-refractivity contribution in [1.29, 1.82) is 0 Å². The summed E-state index contributed by atoms with van der Waals surface area (Å²) >= 11 is 0. The smallest absolute Gasteiger partial charge is 0.305 e. The number of hydrogen-bond donors (Lipinski definition) is 0. The first kappa shape index (κ1) is 27.6. The minimum atomic E-state index is -0.194. The minimum Gasteiger partial charge on any atom is -0.466 e. The topological polar surface area (TPSA) is 72.2 Å². The maximum atomic E-state index is 13.4. The highest BCUT2D eigenvalue weighted by molar-refractivity contribution is 5.78. The average molecular weight is 473 g/mol. The predicted molar refractivity (Wildman–Crippen MR) is 132 cm³/mol. The molecule has 0 aliphatic rings. The van der Waals surface area contributed by atoms with Gasteiger partial charge in [-0.25, -0.2) is 0 Å². The summed E-state index contributed by atoms with van der Waals surface area (Å²) in [6.07, 6.45) is 2.62. The van der Waals surface area contributed by atoms with Gasteiger partial charge in [-0.1, -0.05) is 30.3 Å². The monoisotopic (exact) mass is 472 g/mol. The van der Waals surface area contributed by atoms with E-state index in [0.717, 1.165) is 30.9 Å². The molecule has 34 heavy (non-hydrogen) atoms. The Bertz CT molecular complexity index is 837. The zero-order valence-electron chi connectivity index (χ0n) is 21.0. The van der Waals surface area contributed by atoms with Crippen LogP contribution in [0, 0.1) is 6.92 Å². The summed E-state index contributed by atoms with van der Waals surface area (Å²) in [5.41, 5.74) is 1.19. The quantitative estimate of drug-likeness (QED) is 0.253. The Morgan fingerprint density at radius 3 is 2.38 bits per heavy atom. The molecule has 1 aromatic heterocycles. The molecule has 0 spiro atoms. The molecular formula is C27H40N2O5. The van der Waals surface area contributed by atoms with Crippen LogP contribution in [0.5, 0.6) is 0 Å². The number of ether oxygens (including phenoxy) is 2. The van der Waals surface area contributed by atoms with E-state index in [0.29, 0.717) is 58.8 Å². The largest absolute Gasteiger partial charge is 0.466 e. The Morgan fingerprint density at radius 2 is 1.71 bits per heavy atom. The highest BCUT2D eigenvalue weighted by Crippen LogP contribution is 2.12. The minimum absolute atomic E-state index is 0.0533. The number of furan rings is 1. The van der Waals surface area contributed by atoms with Gasteiger partial charge in [0.05, 0.1) is 19.7 Å². The first-order valence-corrected chi connectivity index (χ1v) is 12.3. The number of benzene rings is 1. The van der Waals surface area contributed by atoms with E-state index in [2.05, 4.69) is 17.0 Å². The lowest BCUT2D eigenvalue weighted by Gasteiger charge is -2.27. The van der Waals surface area contributed by atoms with E-state index in [-0.39, 0.29) is 11.9 Å². The van der Waals surface area contributed by atoms with E-state index < -0.39 is 0 Å². The number of rotatable bonds is 17. The molecule has 0 bridgehead atoms. The van der Waals surface area contributed by atoms with Crippen molar-refractivity contribution >= 4 is 11.9 Å². The lowest BCUT2D eigenvalue weighted by molar-refractivity contribution is -0.143. The number of carbonyl (C=O) groups is 2. The zero-order valence-corrected chi connectivity index (χ0v) is 21.0. The van der Waals surface area contributed by atoms with Crippen molar-refractivity contribution in [1.82, 2.24) is 9.80 Å². The fourth-order valence-corrected chi connectivity index (χ4v) is 3.73. The molecule has 0 N–H and O–H groups in total. The van der Waals surface area contributed by atoms with Crippen LogP contribution in [0.15, 0.2) is 46.9 Å². The standard InChI is InChI=1S/C27H40N2O5/c1-4-32-20-10-18-28(17-9-13-27(31)33-5-2)22-26(30)29(21-25-15-14-23(3)34-25)19-16-24-11-7-6-8-12-24/h6-8,11-12,14-15H,4-5,9-10,13,16-22H2,1-3H3. The third kappa shape index (κ3) is 11.0. The second-order valence-electron chi connectivity index (χ2n) is 8.30. The number of carbonyl (C=O) groups excluding carboxylic acids is 2. The van der Waals surface area contributed by atoms with E-state index in [1.165, 1.54) is 5.56 Å². The van der Waals surface area contributed by atoms with Gasteiger partial charge in [-0.05, 0) is 64.3 Å². The predicted octanol–water partition coefficient (Wildman–Crippen LogP) is 4.23. The molecule has 0 aliphatic heterocycles. The van der Waals surface area contributed by atoms with Crippen LogP contribution < -0.4 is 0 Å². The molecule has 0 saturated heterocycles. The van der Waals surface area contributed by atoms with Crippen molar-refractivity contribution in [2.24, 2.45) is 0 Å². The van der Waals surface area contributed by atoms with Crippen molar-refractivity contribution in [3.8, 4) is 0 Å². The molecule has 0 atom stereocenters. The van der Waals surface area contributed by atoms with Crippen LogP contribution in [0.1, 0.15) is 50.2 Å². The van der Waals surface area contributed by atoms with Gasteiger partial charge in [0.15, 0.2) is 0 Å². The number of nitrogens with zero attached hydrogens (tertiary/aromatic N) is 2. The highest BCUT2D eigenvalue weighted by Gasteiger charge is 2.19. The molecule has 2 rings (SSSR count). The summed E-state index contributed by atoms with van der Waals surface area (Å²) in [5, 5.41) is 0. The van der Waals surface area contributed by atoms with Gasteiger partial charge >= 0.3 is 5.97 Å². The second kappa shape index (κ2) is 16.1. The highest BCUT2D eigenvalue weighted by atomic mass is 16.5. The van der Waals surface area contributed by atoms with Crippen molar-refractivity contribution in [2.45, 2.75) is 53.0 Å². The molecular weight excluding hydrogens is 432 g/mol. The van der Waals surface area contributed by atoms with Crippen LogP contribution in [0.2, 0.25) is 0 Å². The van der Waals surface area contributed by atoms with E-state index in [1.807, 2.05) is 49.1 Å². The molecule has 0 saturated carbocycles. The fourth-order valence-electron chi connectivity index (χ4n) is 3.73. The summed E-state index contributed by atoms with van der Waals surface area (Å²) in [4.78, 5) is 29.1. The molecule has 0 unspecified atom stereocenters. The average Bonchev–Trinajstić information content (AvgIpc) is 3.24. The van der Waals surface area contributed by atoms with Gasteiger partial charge in [0, 0.05) is 32.7 Å². The third-order valence-electron chi connectivity index (χ3n) is 5.50. The van der Waals surface area contributed by atoms with Crippen LogP contribution >= 0.6 is 0 Å². The molecule has 188 valence electrons. The first-order valence-electron chi connectivity index (χ1n) is 12.3. The Hall–Kier alpha value is -2.64. The lowest BCUT2D eigenvalue weighted by Crippen LogP contribution is -2.42. The summed E-state index contributed by atoms with van der Waals surface area (Å²) in [6, 6.07) is 14.0. The van der Waals surface area contributed by atoms with Crippen molar-refractivity contribution in [3.63, 3.8) is 0 Å². The Kier molecular flexibility index (Phi) is 13.0. The summed E-state index contributed by atoms with van der Waals surface area (Å²) < 4.78 is 16.3. The molecule has 1 aromatic carbocycles. The van der Waals surface area contributed by atoms with E-state index >= 15 is 0 Å². The van der Waals surface area contributed by atoms with Crippen molar-refractivity contribution in [2.75, 3.05) is 46.0 Å². The number of hydrogen-bond acceptors (Lipinski definition) is 6. The van der Waals surface area contributed by atoms with E-state index in [9.17, 15) is 9.59 Å². The number of aryl methyl sites for hydroxylation is 1. The maximum Gasteiger partial charge on any atom is 0.305 e. The SMILES string of the molecule is CCOCCCN(CCCC(=O)OCC)CC(=O)N(CCc1ccccc1)Cc1ccc(C)o1. The molecule has 0 fully saturated rings. The van der Waals surface area contributed by atoms with Crippen LogP contribution in [-0.4, -0.2) is 67.7 Å². The first-order chi connectivity index (χ1) is 16.5. The Morgan fingerprint density at radius 1 is 0.941 bits per heavy atom. The maximum absolute atomic E-state index is 13.4. The molecule has 7 heteroatoms. The van der Waals surface area contributed by atoms with Gasteiger partial charge in [0.1, 0.15) is 11.5 Å². The van der Waals surface area contributed by atoms with Crippen molar-refractivity contribution < 1.29 is 23.5 Å². The lowest BCUT2D eigenvalue weighted by atomic mass is 10.1. The van der Waals surface area contributed by atoms with Gasteiger partial charge in [-0.3, -0.25) is 14.5 Å². The van der Waals surface area contributed by atoms with Crippen LogP contribution in [0.3, 0.4) is 0 Å². The van der Waals surface area contributed by atoms with E-state index in [1.54, 1.807) is 6.92 Å². The Balaban J connectivity index is 2.00. The molecule has 0 radical (unpaired) electrons. The zero-order chi connectivity index (χ0) is 24.6. The van der Waals surface area contributed by atoms with Gasteiger partial charge < -0.3 is 18.8 Å². The fraction of sp³-hybridized carbons (Fsp3) is 0.556. The Labute approximate surface area is 204 Å². The van der Waals surface area contributed by atoms with Gasteiger partial charge in [-0.2, -0.15) is 0 Å². The van der Waals surface area contributed by atoms with E-state index in [4.69, 9.17) is 13.9 Å². The molecule has 1 amide bonds. The van der Waals surface area contributed by atoms with Crippen LogP contribution in [0.25, 0.3) is 0 Å². The number of esters is 1. The summed E-state index contributed by atoms with van der Waals surface area (Å²) in [5.74, 6) is 1.48. The molecule has 7 nitrogen and oxygen atoms in total. The number of amides is 1. The van der Waals surface area contributed by atoms with Gasteiger partial charge in [-0.15, -0.1) is 0 Å². The summed E-state index contributed by atoms with van der Waals surface area (Å²) in [6.45, 7) is 10.1. The van der Waals surface area contributed by atoms with Gasteiger partial charge in [0.25, 0.3) is 0 Å². The molecule has 0 aliphatic carbocycles. The summed E-state index contributed by atoms with van der Waals surface area (Å²) in [7, 11) is 0. The second-order valence-corrected chi connectivity index (χ2v) is 8.30. The van der Waals surface area contributed by atoms with Crippen molar-refractivity contribution in [3.05, 3.63) is 59.5 Å². The van der Waals surface area contributed by atoms with Crippen LogP contribution in [0.4, 0.5) is 0 Å². The third-order valence-corrected chi connectivity index (χ3v) is 5.50. The normalized spacial score (nSPS) is 11.1. The van der Waals surface area contributed by atoms with Crippen LogP contribution in [-0.2, 0) is 32.0 Å². The van der Waals surface area contributed by atoms with Gasteiger partial charge in [0.2, 0.25) is 5.91 Å². The molecule has 1 heterocycles.